The quantitative estimate of drug-likeness (QED) is 0.446. The fourth-order valence-electron chi connectivity index (χ4n) is 1.46. The third-order valence-corrected chi connectivity index (χ3v) is 9.44. The average molecular weight is 345 g/mol. The van der Waals surface area contributed by atoms with Crippen molar-refractivity contribution in [2.24, 2.45) is 0 Å². The van der Waals surface area contributed by atoms with Gasteiger partial charge in [-0.05, 0) is 10.4 Å². The third-order valence-electron chi connectivity index (χ3n) is 2.27. The summed E-state index contributed by atoms with van der Waals surface area (Å²) >= 11 is 9.12. The van der Waals surface area contributed by atoms with Crippen molar-refractivity contribution in [3.05, 3.63) is 60.7 Å². The van der Waals surface area contributed by atoms with E-state index in [1.807, 2.05) is 36.4 Å². The smallest absolute Gasteiger partial charge is 0.141 e. The molecule has 0 bridgehead atoms. The second-order valence-electron chi connectivity index (χ2n) is 3.31. The highest BCUT2D eigenvalue weighted by molar-refractivity contribution is 14.1. The highest BCUT2D eigenvalue weighted by Crippen LogP contribution is 2.17. The fourth-order valence-corrected chi connectivity index (χ4v) is 5.93. The molecule has 3 heteroatoms. The molecule has 76 valence electrons. The summed E-state index contributed by atoms with van der Waals surface area (Å²) in [5, 5.41) is 2.50. The van der Waals surface area contributed by atoms with Gasteiger partial charge in [-0.25, -0.2) is 0 Å². The van der Waals surface area contributed by atoms with E-state index >= 15 is 0 Å². The first kappa shape index (κ1) is 11.2. The topological polar surface area (TPSA) is 0 Å². The van der Waals surface area contributed by atoms with Gasteiger partial charge in [0.2, 0.25) is 0 Å². The van der Waals surface area contributed by atoms with Crippen molar-refractivity contribution in [1.82, 2.24) is 0 Å². The predicted octanol–water partition coefficient (Wildman–Crippen LogP) is 2.92. The predicted molar refractivity (Wildman–Crippen MR) is 77.8 cm³/mol. The Labute approximate surface area is 108 Å². The summed E-state index contributed by atoms with van der Waals surface area (Å²) in [6.07, 6.45) is 0. The summed E-state index contributed by atoms with van der Waals surface area (Å²) in [6.45, 7) is 0. The molecular formula is C12H10ClISi. The maximum Gasteiger partial charge on any atom is 0.281 e. The number of hydrogen-bond donors (Lipinski definition) is 0. The van der Waals surface area contributed by atoms with E-state index in [9.17, 15) is 0 Å². The molecule has 15 heavy (non-hydrogen) atoms. The number of benzene rings is 2. The molecule has 0 aliphatic rings. The molecule has 0 heterocycles. The van der Waals surface area contributed by atoms with Crippen LogP contribution in [0.2, 0.25) is 0 Å². The van der Waals surface area contributed by atoms with E-state index < -0.39 is 4.88 Å². The van der Waals surface area contributed by atoms with E-state index in [2.05, 4.69) is 46.1 Å². The molecule has 0 unspecified atom stereocenters. The van der Waals surface area contributed by atoms with Gasteiger partial charge in [0.25, 0.3) is 4.88 Å². The van der Waals surface area contributed by atoms with Crippen molar-refractivity contribution >= 4 is 48.1 Å². The maximum atomic E-state index is 6.71. The first-order chi connectivity index (χ1) is 7.21. The van der Waals surface area contributed by atoms with Gasteiger partial charge in [-0.15, -0.1) is 11.1 Å². The van der Waals surface area contributed by atoms with Crippen LogP contribution in [0.5, 0.6) is 0 Å². The SMILES string of the molecule is Cl[Si](I)(c1ccccc1)c1ccccc1. The lowest BCUT2D eigenvalue weighted by molar-refractivity contribution is 1.74. The molecule has 0 radical (unpaired) electrons. The highest BCUT2D eigenvalue weighted by Gasteiger charge is 2.31. The van der Waals surface area contributed by atoms with E-state index in [-0.39, 0.29) is 0 Å². The lowest BCUT2D eigenvalue weighted by atomic mass is 10.4. The van der Waals surface area contributed by atoms with E-state index in [4.69, 9.17) is 11.1 Å². The van der Waals surface area contributed by atoms with Crippen molar-refractivity contribution < 1.29 is 0 Å². The lowest BCUT2D eigenvalue weighted by Gasteiger charge is -2.17. The Morgan fingerprint density at radius 2 is 1.07 bits per heavy atom. The molecular weight excluding hydrogens is 335 g/mol. The maximum absolute atomic E-state index is 6.71. The summed E-state index contributed by atoms with van der Waals surface area (Å²) in [5.74, 6) is 0. The standard InChI is InChI=1S/C12H10ClISi/c13-15(14,11-7-3-1-4-8-11)12-9-5-2-6-10-12/h1-10H. The van der Waals surface area contributed by atoms with E-state index in [0.717, 1.165) is 0 Å². The molecule has 0 aromatic heterocycles. The fraction of sp³-hybridized carbons (Fsp3) is 0. The summed E-state index contributed by atoms with van der Waals surface area (Å²) in [6, 6.07) is 20.7. The van der Waals surface area contributed by atoms with Gasteiger partial charge in [0.05, 0.1) is 0 Å². The van der Waals surface area contributed by atoms with E-state index in [0.29, 0.717) is 0 Å². The van der Waals surface area contributed by atoms with Gasteiger partial charge in [-0.2, -0.15) is 0 Å². The molecule has 0 N–H and O–H groups in total. The Hall–Kier alpha value is -0.323. The van der Waals surface area contributed by atoms with Gasteiger partial charge in [-0.3, -0.25) is 0 Å². The van der Waals surface area contributed by atoms with Crippen LogP contribution in [0.25, 0.3) is 0 Å². The summed E-state index contributed by atoms with van der Waals surface area (Å²) in [4.78, 5) is -2.01. The van der Waals surface area contributed by atoms with Crippen LogP contribution in [0, 0.1) is 0 Å². The zero-order chi connectivity index (χ0) is 10.7. The highest BCUT2D eigenvalue weighted by atomic mass is 127. The molecule has 2 rings (SSSR count). The Balaban J connectivity index is 2.44. The molecule has 2 aromatic carbocycles. The molecule has 0 nitrogen and oxygen atoms in total. The molecule has 0 aliphatic heterocycles. The minimum absolute atomic E-state index is 1.25. The van der Waals surface area contributed by atoms with Crippen LogP contribution in [-0.4, -0.2) is 4.88 Å². The Morgan fingerprint density at radius 1 is 0.733 bits per heavy atom. The van der Waals surface area contributed by atoms with Crippen LogP contribution in [0.3, 0.4) is 0 Å². The van der Waals surface area contributed by atoms with Gasteiger partial charge < -0.3 is 0 Å². The summed E-state index contributed by atoms with van der Waals surface area (Å²) < 4.78 is 0. The average Bonchev–Trinajstić information content (AvgIpc) is 2.31. The first-order valence-electron chi connectivity index (χ1n) is 4.70. The van der Waals surface area contributed by atoms with Gasteiger partial charge >= 0.3 is 0 Å². The monoisotopic (exact) mass is 344 g/mol. The normalized spacial score (nSPS) is 11.3. The first-order valence-corrected chi connectivity index (χ1v) is 10.8. The Morgan fingerprint density at radius 3 is 1.40 bits per heavy atom. The molecule has 0 fully saturated rings. The summed E-state index contributed by atoms with van der Waals surface area (Å²) in [7, 11) is 0. The van der Waals surface area contributed by atoms with Crippen molar-refractivity contribution in [2.75, 3.05) is 0 Å². The molecule has 0 spiro atoms. The minimum atomic E-state index is -2.01. The van der Waals surface area contributed by atoms with Gasteiger partial charge in [0, 0.05) is 0 Å². The van der Waals surface area contributed by atoms with Gasteiger partial charge in [-0.1, -0.05) is 82.5 Å². The van der Waals surface area contributed by atoms with Crippen LogP contribution in [-0.2, 0) is 0 Å². The van der Waals surface area contributed by atoms with E-state index in [1.165, 1.54) is 10.4 Å². The Kier molecular flexibility index (Phi) is 3.48. The molecule has 2 aromatic rings. The second kappa shape index (κ2) is 4.68. The largest absolute Gasteiger partial charge is 0.281 e. The van der Waals surface area contributed by atoms with E-state index in [1.54, 1.807) is 0 Å². The minimum Gasteiger partial charge on any atom is -0.141 e. The zero-order valence-corrected chi connectivity index (χ0v) is 11.9. The van der Waals surface area contributed by atoms with Gasteiger partial charge in [0.1, 0.15) is 0 Å². The van der Waals surface area contributed by atoms with Crippen LogP contribution < -0.4 is 10.4 Å². The van der Waals surface area contributed by atoms with Crippen molar-refractivity contribution in [3.63, 3.8) is 0 Å². The van der Waals surface area contributed by atoms with Crippen molar-refractivity contribution in [1.29, 1.82) is 0 Å². The van der Waals surface area contributed by atoms with Crippen molar-refractivity contribution in [3.8, 4) is 0 Å². The number of rotatable bonds is 2. The third kappa shape index (κ3) is 2.43. The Bertz CT molecular complexity index is 386. The van der Waals surface area contributed by atoms with Crippen LogP contribution >= 0.6 is 32.9 Å². The van der Waals surface area contributed by atoms with Crippen LogP contribution in [0.1, 0.15) is 0 Å². The molecule has 0 atom stereocenters. The summed E-state index contributed by atoms with van der Waals surface area (Å²) in [5.41, 5.74) is 0. The zero-order valence-electron chi connectivity index (χ0n) is 8.03. The van der Waals surface area contributed by atoms with Crippen LogP contribution in [0.15, 0.2) is 60.7 Å². The lowest BCUT2D eigenvalue weighted by Crippen LogP contribution is -2.47. The van der Waals surface area contributed by atoms with Crippen molar-refractivity contribution in [2.45, 2.75) is 0 Å². The molecule has 0 saturated heterocycles. The van der Waals surface area contributed by atoms with Gasteiger partial charge in [0.15, 0.2) is 0 Å². The number of hydrogen-bond acceptors (Lipinski definition) is 0. The molecule has 0 amide bonds. The molecule has 0 saturated carbocycles. The van der Waals surface area contributed by atoms with Crippen LogP contribution in [0.4, 0.5) is 0 Å². The molecule has 0 aliphatic carbocycles. The second-order valence-corrected chi connectivity index (χ2v) is 14.1. The number of halogens is 2.